The molecule has 0 bridgehead atoms. The molecule has 0 aliphatic carbocycles. The Morgan fingerprint density at radius 2 is 2.00 bits per heavy atom. The molecular weight excluding hydrogens is 232 g/mol. The fraction of sp³-hybridized carbons (Fsp3) is 0.667. The second-order valence-electron chi connectivity index (χ2n) is 4.02. The fourth-order valence-electron chi connectivity index (χ4n) is 1.81. The van der Waals surface area contributed by atoms with Crippen LogP contribution in [0.4, 0.5) is 11.6 Å². The molecule has 1 heterocycles. The summed E-state index contributed by atoms with van der Waals surface area (Å²) in [6.07, 6.45) is 0. The molecule has 6 heteroatoms. The van der Waals surface area contributed by atoms with Gasteiger partial charge in [0.05, 0.1) is 13.2 Å². The van der Waals surface area contributed by atoms with Crippen molar-refractivity contribution in [1.29, 1.82) is 0 Å². The first kappa shape index (κ1) is 14.7. The predicted octanol–water partition coefficient (Wildman–Crippen LogP) is 0.580. The lowest BCUT2D eigenvalue weighted by Crippen LogP contribution is -2.32. The third-order valence-corrected chi connectivity index (χ3v) is 2.70. The normalized spacial score (nSPS) is 10.5. The van der Waals surface area contributed by atoms with Gasteiger partial charge >= 0.3 is 0 Å². The average Bonchev–Trinajstić information content (AvgIpc) is 2.37. The van der Waals surface area contributed by atoms with E-state index in [4.69, 9.17) is 9.84 Å². The summed E-state index contributed by atoms with van der Waals surface area (Å²) in [6.45, 7) is 5.73. The number of hydrogen-bond acceptors (Lipinski definition) is 6. The number of ether oxygens (including phenoxy) is 1. The zero-order chi connectivity index (χ0) is 13.5. The maximum absolute atomic E-state index is 9.14. The first-order valence-electron chi connectivity index (χ1n) is 6.01. The number of nitrogens with one attached hydrogen (secondary N) is 1. The van der Waals surface area contributed by atoms with Gasteiger partial charge in [0.25, 0.3) is 0 Å². The number of anilines is 2. The number of hydrogen-bond donors (Lipinski definition) is 2. The molecule has 1 aromatic heterocycles. The quantitative estimate of drug-likeness (QED) is 0.742. The van der Waals surface area contributed by atoms with E-state index >= 15 is 0 Å². The maximum atomic E-state index is 9.14. The molecule has 0 spiro atoms. The van der Waals surface area contributed by atoms with Crippen molar-refractivity contribution in [2.45, 2.75) is 13.8 Å². The van der Waals surface area contributed by atoms with Gasteiger partial charge < -0.3 is 20.1 Å². The van der Waals surface area contributed by atoms with Gasteiger partial charge in [-0.3, -0.25) is 0 Å². The van der Waals surface area contributed by atoms with E-state index in [2.05, 4.69) is 15.3 Å². The van der Waals surface area contributed by atoms with Gasteiger partial charge in [-0.2, -0.15) is 0 Å². The minimum atomic E-state index is 0.0844. The van der Waals surface area contributed by atoms with Gasteiger partial charge in [-0.15, -0.1) is 0 Å². The van der Waals surface area contributed by atoms with Crippen LogP contribution in [0.2, 0.25) is 0 Å². The Bertz CT molecular complexity index is 385. The summed E-state index contributed by atoms with van der Waals surface area (Å²) in [5.74, 6) is 2.37. The van der Waals surface area contributed by atoms with Crippen LogP contribution in [0.25, 0.3) is 0 Å². The Kier molecular flexibility index (Phi) is 5.80. The number of methoxy groups -OCH3 is 1. The van der Waals surface area contributed by atoms with Crippen molar-refractivity contribution < 1.29 is 9.84 Å². The molecule has 0 atom stereocenters. The topological polar surface area (TPSA) is 70.5 Å². The molecule has 0 saturated carbocycles. The SMILES string of the molecule is CNc1nc(C)nc(N(CCO)CCOC)c1C. The molecule has 0 unspecified atom stereocenters. The Morgan fingerprint density at radius 3 is 2.56 bits per heavy atom. The number of nitrogens with zero attached hydrogens (tertiary/aromatic N) is 3. The molecule has 0 aliphatic rings. The van der Waals surface area contributed by atoms with Gasteiger partial charge in [0, 0.05) is 32.8 Å². The highest BCUT2D eigenvalue weighted by Crippen LogP contribution is 2.22. The Balaban J connectivity index is 3.05. The van der Waals surface area contributed by atoms with Crippen LogP contribution in [0, 0.1) is 13.8 Å². The standard InChI is InChI=1S/C12H22N4O2/c1-9-11(13-3)14-10(2)15-12(9)16(5-7-17)6-8-18-4/h17H,5-8H2,1-4H3,(H,13,14,15). The van der Waals surface area contributed by atoms with Crippen LogP contribution >= 0.6 is 0 Å². The fourth-order valence-corrected chi connectivity index (χ4v) is 1.81. The summed E-state index contributed by atoms with van der Waals surface area (Å²) in [4.78, 5) is 10.8. The lowest BCUT2D eigenvalue weighted by Gasteiger charge is -2.25. The molecule has 1 aromatic rings. The van der Waals surface area contributed by atoms with Crippen LogP contribution in [0.1, 0.15) is 11.4 Å². The first-order chi connectivity index (χ1) is 8.63. The first-order valence-corrected chi connectivity index (χ1v) is 6.01. The third-order valence-electron chi connectivity index (χ3n) is 2.70. The van der Waals surface area contributed by atoms with Gasteiger partial charge in [-0.25, -0.2) is 9.97 Å². The number of rotatable bonds is 7. The lowest BCUT2D eigenvalue weighted by molar-refractivity contribution is 0.202. The highest BCUT2D eigenvalue weighted by atomic mass is 16.5. The Morgan fingerprint density at radius 1 is 1.28 bits per heavy atom. The van der Waals surface area contributed by atoms with Crippen molar-refractivity contribution in [3.8, 4) is 0 Å². The van der Waals surface area contributed by atoms with Crippen LogP contribution in [-0.2, 0) is 4.74 Å². The van der Waals surface area contributed by atoms with Gasteiger partial charge in [-0.1, -0.05) is 0 Å². The maximum Gasteiger partial charge on any atom is 0.137 e. The van der Waals surface area contributed by atoms with Crippen LogP contribution in [0.3, 0.4) is 0 Å². The van der Waals surface area contributed by atoms with E-state index in [1.54, 1.807) is 7.11 Å². The van der Waals surface area contributed by atoms with E-state index in [0.29, 0.717) is 25.5 Å². The largest absolute Gasteiger partial charge is 0.395 e. The Hall–Kier alpha value is -1.40. The highest BCUT2D eigenvalue weighted by Gasteiger charge is 2.14. The smallest absolute Gasteiger partial charge is 0.137 e. The molecule has 0 fully saturated rings. The van der Waals surface area contributed by atoms with Crippen molar-refractivity contribution >= 4 is 11.6 Å². The third kappa shape index (κ3) is 3.54. The van der Waals surface area contributed by atoms with E-state index in [9.17, 15) is 0 Å². The summed E-state index contributed by atoms with van der Waals surface area (Å²) in [6, 6.07) is 0. The van der Waals surface area contributed by atoms with Gasteiger partial charge in [0.2, 0.25) is 0 Å². The van der Waals surface area contributed by atoms with Crippen LogP contribution in [-0.4, -0.2) is 55.5 Å². The van der Waals surface area contributed by atoms with E-state index in [1.165, 1.54) is 0 Å². The van der Waals surface area contributed by atoms with Crippen molar-refractivity contribution in [3.63, 3.8) is 0 Å². The highest BCUT2D eigenvalue weighted by molar-refractivity contribution is 5.58. The van der Waals surface area contributed by atoms with Gasteiger partial charge in [0.1, 0.15) is 17.5 Å². The second-order valence-corrected chi connectivity index (χ2v) is 4.02. The van der Waals surface area contributed by atoms with E-state index in [-0.39, 0.29) is 6.61 Å². The number of aryl methyl sites for hydroxylation is 1. The molecule has 18 heavy (non-hydrogen) atoms. The minimum absolute atomic E-state index is 0.0844. The van der Waals surface area contributed by atoms with Crippen molar-refractivity contribution in [1.82, 2.24) is 9.97 Å². The van der Waals surface area contributed by atoms with Crippen LogP contribution in [0.5, 0.6) is 0 Å². The van der Waals surface area contributed by atoms with E-state index in [0.717, 1.165) is 17.2 Å². The molecular formula is C12H22N4O2. The summed E-state index contributed by atoms with van der Waals surface area (Å²) >= 11 is 0. The zero-order valence-corrected chi connectivity index (χ0v) is 11.5. The summed E-state index contributed by atoms with van der Waals surface area (Å²) in [5.41, 5.74) is 0.979. The molecule has 6 nitrogen and oxygen atoms in total. The van der Waals surface area contributed by atoms with Gasteiger partial charge in [-0.05, 0) is 13.8 Å². The molecule has 102 valence electrons. The molecule has 0 aromatic carbocycles. The van der Waals surface area contributed by atoms with Crippen LogP contribution in [0.15, 0.2) is 0 Å². The number of aromatic nitrogens is 2. The average molecular weight is 254 g/mol. The summed E-state index contributed by atoms with van der Waals surface area (Å²) < 4.78 is 5.08. The van der Waals surface area contributed by atoms with Crippen molar-refractivity contribution in [2.75, 3.05) is 50.7 Å². The summed E-state index contributed by atoms with van der Waals surface area (Å²) in [7, 11) is 3.50. The monoisotopic (exact) mass is 254 g/mol. The van der Waals surface area contributed by atoms with E-state index in [1.807, 2.05) is 25.8 Å². The second kappa shape index (κ2) is 7.13. The molecule has 1 rings (SSSR count). The minimum Gasteiger partial charge on any atom is -0.395 e. The van der Waals surface area contributed by atoms with Crippen molar-refractivity contribution in [2.24, 2.45) is 0 Å². The predicted molar refractivity (Wildman–Crippen MR) is 72.2 cm³/mol. The number of aliphatic hydroxyl groups is 1. The summed E-state index contributed by atoms with van der Waals surface area (Å²) in [5, 5.41) is 12.2. The molecule has 0 radical (unpaired) electrons. The Labute approximate surface area is 108 Å². The van der Waals surface area contributed by atoms with Crippen LogP contribution < -0.4 is 10.2 Å². The molecule has 2 N–H and O–H groups in total. The molecule has 0 amide bonds. The van der Waals surface area contributed by atoms with Crippen molar-refractivity contribution in [3.05, 3.63) is 11.4 Å². The van der Waals surface area contributed by atoms with E-state index < -0.39 is 0 Å². The zero-order valence-electron chi connectivity index (χ0n) is 11.5. The lowest BCUT2D eigenvalue weighted by atomic mass is 10.2. The molecule has 0 aliphatic heterocycles. The van der Waals surface area contributed by atoms with Gasteiger partial charge in [0.15, 0.2) is 0 Å². The molecule has 0 saturated heterocycles. The number of aliphatic hydroxyl groups excluding tert-OH is 1.